The standard InChI is InChI=1S/C11H13BrINO3/c12-8-1-2-10(13)9(7-8)11(16)14-3-5-17-6-4-15/h1-2,7,15H,3-6H2,(H,14,16). The molecule has 2 N–H and O–H groups in total. The van der Waals surface area contributed by atoms with Crippen molar-refractivity contribution in [2.75, 3.05) is 26.4 Å². The zero-order chi connectivity index (χ0) is 12.7. The number of nitrogens with one attached hydrogen (secondary N) is 1. The van der Waals surface area contributed by atoms with Crippen molar-refractivity contribution in [3.8, 4) is 0 Å². The second kappa shape index (κ2) is 8.02. The normalized spacial score (nSPS) is 10.3. The average Bonchev–Trinajstić information content (AvgIpc) is 2.32. The van der Waals surface area contributed by atoms with Crippen molar-refractivity contribution < 1.29 is 14.6 Å². The third-order valence-corrected chi connectivity index (χ3v) is 3.37. The number of aliphatic hydroxyl groups excluding tert-OH is 1. The van der Waals surface area contributed by atoms with E-state index < -0.39 is 0 Å². The summed E-state index contributed by atoms with van der Waals surface area (Å²) in [6.07, 6.45) is 0. The Bertz CT molecular complexity index is 387. The molecule has 0 fully saturated rings. The molecule has 0 spiro atoms. The minimum Gasteiger partial charge on any atom is -0.394 e. The van der Waals surface area contributed by atoms with Crippen LogP contribution in [0.25, 0.3) is 0 Å². The van der Waals surface area contributed by atoms with Crippen molar-refractivity contribution in [2.24, 2.45) is 0 Å². The van der Waals surface area contributed by atoms with Gasteiger partial charge < -0.3 is 15.2 Å². The molecule has 1 amide bonds. The third kappa shape index (κ3) is 5.33. The number of carbonyl (C=O) groups is 1. The molecule has 0 saturated heterocycles. The van der Waals surface area contributed by atoms with Gasteiger partial charge in [0.1, 0.15) is 0 Å². The molecule has 0 aliphatic rings. The van der Waals surface area contributed by atoms with Crippen LogP contribution in [0.5, 0.6) is 0 Å². The molecule has 0 atom stereocenters. The fourth-order valence-electron chi connectivity index (χ4n) is 1.17. The minimum atomic E-state index is -0.122. The lowest BCUT2D eigenvalue weighted by Crippen LogP contribution is -2.28. The van der Waals surface area contributed by atoms with Gasteiger partial charge in [-0.2, -0.15) is 0 Å². The van der Waals surface area contributed by atoms with Crippen molar-refractivity contribution in [1.29, 1.82) is 0 Å². The quantitative estimate of drug-likeness (QED) is 0.552. The first-order valence-corrected chi connectivity index (χ1v) is 6.94. The van der Waals surface area contributed by atoms with Crippen molar-refractivity contribution in [3.63, 3.8) is 0 Å². The molecule has 17 heavy (non-hydrogen) atoms. The van der Waals surface area contributed by atoms with Crippen LogP contribution in [0, 0.1) is 3.57 Å². The first-order valence-electron chi connectivity index (χ1n) is 5.07. The molecule has 6 heteroatoms. The predicted octanol–water partition coefficient (Wildman–Crippen LogP) is 1.79. The number of amides is 1. The van der Waals surface area contributed by atoms with Crippen molar-refractivity contribution in [2.45, 2.75) is 0 Å². The Kier molecular flexibility index (Phi) is 7.02. The molecule has 0 unspecified atom stereocenters. The average molecular weight is 414 g/mol. The Hall–Kier alpha value is -0.180. The SMILES string of the molecule is O=C(NCCOCCO)c1cc(Br)ccc1I. The Morgan fingerprint density at radius 1 is 1.47 bits per heavy atom. The molecule has 4 nitrogen and oxygen atoms in total. The van der Waals surface area contributed by atoms with E-state index in [1.165, 1.54) is 0 Å². The lowest BCUT2D eigenvalue weighted by Gasteiger charge is -2.07. The maximum absolute atomic E-state index is 11.8. The largest absolute Gasteiger partial charge is 0.394 e. The van der Waals surface area contributed by atoms with Gasteiger partial charge in [-0.05, 0) is 40.8 Å². The topological polar surface area (TPSA) is 58.6 Å². The molecular formula is C11H13BrINO3. The van der Waals surface area contributed by atoms with Crippen molar-refractivity contribution >= 4 is 44.4 Å². The second-order valence-electron chi connectivity index (χ2n) is 3.22. The van der Waals surface area contributed by atoms with Gasteiger partial charge in [0.25, 0.3) is 5.91 Å². The molecule has 94 valence electrons. The fraction of sp³-hybridized carbons (Fsp3) is 0.364. The van der Waals surface area contributed by atoms with Crippen LogP contribution in [0.4, 0.5) is 0 Å². The molecule has 0 aliphatic carbocycles. The Labute approximate surface area is 122 Å². The van der Waals surface area contributed by atoms with Gasteiger partial charge in [-0.1, -0.05) is 15.9 Å². The van der Waals surface area contributed by atoms with E-state index in [0.717, 1.165) is 8.04 Å². The van der Waals surface area contributed by atoms with E-state index in [1.807, 2.05) is 12.1 Å². The van der Waals surface area contributed by atoms with Crippen LogP contribution >= 0.6 is 38.5 Å². The number of ether oxygens (including phenoxy) is 1. The molecule has 1 aromatic carbocycles. The maximum Gasteiger partial charge on any atom is 0.252 e. The van der Waals surface area contributed by atoms with Crippen LogP contribution in [0.1, 0.15) is 10.4 Å². The van der Waals surface area contributed by atoms with Crippen LogP contribution in [0.15, 0.2) is 22.7 Å². The van der Waals surface area contributed by atoms with E-state index >= 15 is 0 Å². The Morgan fingerprint density at radius 2 is 2.24 bits per heavy atom. The molecule has 0 heterocycles. The summed E-state index contributed by atoms with van der Waals surface area (Å²) < 4.78 is 6.82. The molecule has 0 radical (unpaired) electrons. The summed E-state index contributed by atoms with van der Waals surface area (Å²) in [5, 5.41) is 11.3. The van der Waals surface area contributed by atoms with Gasteiger partial charge in [0.15, 0.2) is 0 Å². The summed E-state index contributed by atoms with van der Waals surface area (Å²) in [5.41, 5.74) is 0.641. The predicted molar refractivity (Wildman–Crippen MR) is 77.1 cm³/mol. The van der Waals surface area contributed by atoms with Crippen LogP contribution in [0.3, 0.4) is 0 Å². The number of benzene rings is 1. The van der Waals surface area contributed by atoms with Crippen LogP contribution in [0.2, 0.25) is 0 Å². The molecule has 1 aromatic rings. The van der Waals surface area contributed by atoms with E-state index in [1.54, 1.807) is 6.07 Å². The highest BCUT2D eigenvalue weighted by atomic mass is 127. The van der Waals surface area contributed by atoms with Gasteiger partial charge >= 0.3 is 0 Å². The van der Waals surface area contributed by atoms with Gasteiger partial charge in [0.05, 0.1) is 25.4 Å². The number of carbonyl (C=O) groups excluding carboxylic acids is 1. The Morgan fingerprint density at radius 3 is 2.94 bits per heavy atom. The van der Waals surface area contributed by atoms with Crippen LogP contribution in [-0.4, -0.2) is 37.4 Å². The van der Waals surface area contributed by atoms with Crippen molar-refractivity contribution in [3.05, 3.63) is 31.8 Å². The number of hydrogen-bond donors (Lipinski definition) is 2. The summed E-state index contributed by atoms with van der Waals surface area (Å²) in [5.74, 6) is -0.122. The first-order chi connectivity index (χ1) is 8.15. The highest BCUT2D eigenvalue weighted by Crippen LogP contribution is 2.18. The third-order valence-electron chi connectivity index (χ3n) is 1.94. The van der Waals surface area contributed by atoms with Gasteiger partial charge in [-0.25, -0.2) is 0 Å². The zero-order valence-electron chi connectivity index (χ0n) is 9.08. The van der Waals surface area contributed by atoms with Gasteiger partial charge in [0, 0.05) is 14.6 Å². The van der Waals surface area contributed by atoms with Gasteiger partial charge in [-0.3, -0.25) is 4.79 Å². The zero-order valence-corrected chi connectivity index (χ0v) is 12.8. The molecule has 0 bridgehead atoms. The summed E-state index contributed by atoms with van der Waals surface area (Å²) in [6.45, 7) is 1.13. The molecule has 1 rings (SSSR count). The summed E-state index contributed by atoms with van der Waals surface area (Å²) in [4.78, 5) is 11.8. The molecule has 0 aromatic heterocycles. The lowest BCUT2D eigenvalue weighted by atomic mass is 10.2. The lowest BCUT2D eigenvalue weighted by molar-refractivity contribution is 0.0837. The number of rotatable bonds is 6. The smallest absolute Gasteiger partial charge is 0.252 e. The van der Waals surface area contributed by atoms with Gasteiger partial charge in [0.2, 0.25) is 0 Å². The van der Waals surface area contributed by atoms with E-state index in [0.29, 0.717) is 25.3 Å². The highest BCUT2D eigenvalue weighted by molar-refractivity contribution is 14.1. The summed E-state index contributed by atoms with van der Waals surface area (Å²) >= 11 is 5.45. The Balaban J connectivity index is 2.44. The van der Waals surface area contributed by atoms with Crippen molar-refractivity contribution in [1.82, 2.24) is 5.32 Å². The van der Waals surface area contributed by atoms with E-state index in [-0.39, 0.29) is 12.5 Å². The fourth-order valence-corrected chi connectivity index (χ4v) is 2.11. The van der Waals surface area contributed by atoms with E-state index in [4.69, 9.17) is 9.84 Å². The minimum absolute atomic E-state index is 0.00250. The number of aliphatic hydroxyl groups is 1. The second-order valence-corrected chi connectivity index (χ2v) is 5.29. The molecule has 0 saturated carbocycles. The molecule has 0 aliphatic heterocycles. The number of halogens is 2. The van der Waals surface area contributed by atoms with E-state index in [2.05, 4.69) is 43.8 Å². The highest BCUT2D eigenvalue weighted by Gasteiger charge is 2.09. The van der Waals surface area contributed by atoms with Crippen LogP contribution in [-0.2, 0) is 4.74 Å². The summed E-state index contributed by atoms with van der Waals surface area (Å²) in [7, 11) is 0. The van der Waals surface area contributed by atoms with Crippen LogP contribution < -0.4 is 5.32 Å². The maximum atomic E-state index is 11.8. The first kappa shape index (κ1) is 14.9. The number of hydrogen-bond acceptors (Lipinski definition) is 3. The monoisotopic (exact) mass is 413 g/mol. The summed E-state index contributed by atoms with van der Waals surface area (Å²) in [6, 6.07) is 5.55. The van der Waals surface area contributed by atoms with Gasteiger partial charge in [-0.15, -0.1) is 0 Å². The molecular weight excluding hydrogens is 401 g/mol. The van der Waals surface area contributed by atoms with E-state index in [9.17, 15) is 4.79 Å².